The summed E-state index contributed by atoms with van der Waals surface area (Å²) in [7, 11) is 1.45. The maximum Gasteiger partial charge on any atom is 0.433 e. The van der Waals surface area contributed by atoms with Gasteiger partial charge < -0.3 is 15.0 Å². The molecule has 0 unspecified atom stereocenters. The van der Waals surface area contributed by atoms with Crippen LogP contribution in [-0.4, -0.2) is 93.9 Å². The summed E-state index contributed by atoms with van der Waals surface area (Å²) >= 11 is 0. The van der Waals surface area contributed by atoms with Crippen molar-refractivity contribution in [3.05, 3.63) is 72.4 Å². The van der Waals surface area contributed by atoms with Crippen molar-refractivity contribution in [1.29, 1.82) is 0 Å². The highest BCUT2D eigenvalue weighted by atomic mass is 19.4. The summed E-state index contributed by atoms with van der Waals surface area (Å²) < 4.78 is 47.0. The number of methoxy groups -OCH3 is 1. The number of aromatic nitrogens is 5. The third-order valence-corrected chi connectivity index (χ3v) is 10.7. The predicted octanol–water partition coefficient (Wildman–Crippen LogP) is 5.65. The first kappa shape index (κ1) is 36.2. The maximum atomic E-state index is 13.2. The Labute approximate surface area is 313 Å². The zero-order chi connectivity index (χ0) is 38.3. The molecule has 8 rings (SSSR count). The number of amides is 4. The number of ether oxygens (including phenoxy) is 1. The highest BCUT2D eigenvalue weighted by molar-refractivity contribution is 6.10. The summed E-state index contributed by atoms with van der Waals surface area (Å²) in [5.41, 5.74) is 1.29. The molecule has 2 N–H and O–H groups in total. The Bertz CT molecular complexity index is 2260. The summed E-state index contributed by atoms with van der Waals surface area (Å²) in [6.45, 7) is 4.81. The molecule has 286 valence electrons. The van der Waals surface area contributed by atoms with E-state index in [2.05, 4.69) is 41.5 Å². The van der Waals surface area contributed by atoms with Crippen LogP contribution in [0.3, 0.4) is 0 Å². The number of carbonyl (C=O) groups excluding carboxylic acids is 3. The largest absolute Gasteiger partial charge is 0.494 e. The zero-order valence-corrected chi connectivity index (χ0v) is 30.1. The quantitative estimate of drug-likeness (QED) is 0.203. The van der Waals surface area contributed by atoms with Crippen molar-refractivity contribution in [1.82, 2.24) is 34.9 Å². The van der Waals surface area contributed by atoms with Crippen LogP contribution in [0.15, 0.2) is 61.1 Å². The highest BCUT2D eigenvalue weighted by Gasteiger charge is 2.33. The van der Waals surface area contributed by atoms with Crippen LogP contribution < -0.4 is 25.2 Å². The molecule has 0 spiro atoms. The Hall–Kier alpha value is -5.84. The van der Waals surface area contributed by atoms with E-state index in [1.165, 1.54) is 24.4 Å². The third-order valence-electron chi connectivity index (χ3n) is 10.7. The van der Waals surface area contributed by atoms with Gasteiger partial charge in [-0.3, -0.25) is 29.4 Å². The van der Waals surface area contributed by atoms with Crippen LogP contribution in [-0.2, 0) is 11.0 Å². The molecule has 3 fully saturated rings. The van der Waals surface area contributed by atoms with Crippen LogP contribution in [0, 0.1) is 5.92 Å². The molecule has 3 aliphatic rings. The molecule has 0 atom stereocenters. The summed E-state index contributed by atoms with van der Waals surface area (Å²) in [4.78, 5) is 56.0. The lowest BCUT2D eigenvalue weighted by atomic mass is 9.85. The first-order valence-corrected chi connectivity index (χ1v) is 18.3. The standard InChI is InChI=1S/C38H39F3N10O4/c1-55-31-19-28-24(18-29(31)45-36(53)27-5-3-7-32(44-27)38(39,40)41)21-51(47-28)25-10-8-23(9-11-25)20-48-14-16-49(17-15-48)30-6-2-4-26-34(30)42-22-43-35(26)50-13-12-33(52)46-37(50)54/h2-7,18-19,21-23,25H,8-17,20H2,1H3,(H,45,53)(H,46,52,54)/t23-,25-. The average molecular weight is 757 g/mol. The molecule has 14 nitrogen and oxygen atoms in total. The third kappa shape index (κ3) is 7.48. The van der Waals surface area contributed by atoms with E-state index < -0.39 is 23.8 Å². The predicted molar refractivity (Wildman–Crippen MR) is 198 cm³/mol. The van der Waals surface area contributed by atoms with Crippen molar-refractivity contribution in [3.63, 3.8) is 0 Å². The van der Waals surface area contributed by atoms with Crippen molar-refractivity contribution in [2.24, 2.45) is 5.92 Å². The monoisotopic (exact) mass is 756 g/mol. The summed E-state index contributed by atoms with van der Waals surface area (Å²) in [5.74, 6) is 0.331. The van der Waals surface area contributed by atoms with Crippen LogP contribution in [0.5, 0.6) is 5.75 Å². The molecule has 17 heteroatoms. The topological polar surface area (TPSA) is 151 Å². The fourth-order valence-corrected chi connectivity index (χ4v) is 7.85. The van der Waals surface area contributed by atoms with Gasteiger partial charge in [-0.2, -0.15) is 18.3 Å². The Morgan fingerprint density at radius 2 is 1.76 bits per heavy atom. The molecule has 5 aromatic rings. The van der Waals surface area contributed by atoms with Gasteiger partial charge in [-0.1, -0.05) is 12.1 Å². The Morgan fingerprint density at radius 1 is 0.982 bits per heavy atom. The second-order valence-corrected chi connectivity index (χ2v) is 14.2. The van der Waals surface area contributed by atoms with E-state index in [-0.39, 0.29) is 30.6 Å². The molecule has 2 aromatic carbocycles. The molecule has 4 amide bonds. The second kappa shape index (κ2) is 14.8. The number of nitrogens with one attached hydrogen (secondary N) is 2. The minimum Gasteiger partial charge on any atom is -0.494 e. The minimum absolute atomic E-state index is 0.216. The number of alkyl halides is 3. The molecule has 3 aromatic heterocycles. The molecule has 55 heavy (non-hydrogen) atoms. The molecular weight excluding hydrogens is 717 g/mol. The van der Waals surface area contributed by atoms with E-state index in [1.807, 2.05) is 23.0 Å². The normalized spacial score (nSPS) is 19.9. The summed E-state index contributed by atoms with van der Waals surface area (Å²) in [5, 5.41) is 11.4. The van der Waals surface area contributed by atoms with Gasteiger partial charge in [0.15, 0.2) is 0 Å². The fourth-order valence-electron chi connectivity index (χ4n) is 7.85. The van der Waals surface area contributed by atoms with Gasteiger partial charge in [0.25, 0.3) is 5.91 Å². The summed E-state index contributed by atoms with van der Waals surface area (Å²) in [6, 6.07) is 12.3. The molecule has 2 saturated heterocycles. The molecule has 2 aliphatic heterocycles. The molecule has 1 aliphatic carbocycles. The Balaban J connectivity index is 0.867. The number of rotatable bonds is 8. The van der Waals surface area contributed by atoms with Crippen molar-refractivity contribution < 1.29 is 32.3 Å². The molecular formula is C38H39F3N10O4. The number of nitrogens with zero attached hydrogens (tertiary/aromatic N) is 8. The van der Waals surface area contributed by atoms with E-state index >= 15 is 0 Å². The van der Waals surface area contributed by atoms with Crippen LogP contribution in [0.2, 0.25) is 0 Å². The van der Waals surface area contributed by atoms with E-state index in [1.54, 1.807) is 12.1 Å². The number of piperazine rings is 1. The number of hydrogen-bond donors (Lipinski definition) is 2. The smallest absolute Gasteiger partial charge is 0.433 e. The van der Waals surface area contributed by atoms with Crippen molar-refractivity contribution in [3.8, 4) is 5.75 Å². The van der Waals surface area contributed by atoms with Gasteiger partial charge in [0.05, 0.1) is 35.6 Å². The maximum absolute atomic E-state index is 13.2. The van der Waals surface area contributed by atoms with Crippen LogP contribution in [0.25, 0.3) is 21.8 Å². The Morgan fingerprint density at radius 3 is 2.51 bits per heavy atom. The number of halogens is 3. The average Bonchev–Trinajstić information content (AvgIpc) is 3.60. The second-order valence-electron chi connectivity index (χ2n) is 14.2. The number of carbonyl (C=O) groups is 3. The lowest BCUT2D eigenvalue weighted by Gasteiger charge is -2.39. The fraction of sp³-hybridized carbons (Fsp3) is 0.395. The van der Waals surface area contributed by atoms with Gasteiger partial charge in [0.2, 0.25) is 5.91 Å². The SMILES string of the molecule is COc1cc2nn([C@H]3CC[C@H](CN4CCN(c5cccc6c(N7CCC(=O)NC7=O)ncnc56)CC4)CC3)cc2cc1NC(=O)c1cccc(C(F)(F)F)n1. The van der Waals surface area contributed by atoms with Gasteiger partial charge in [0.1, 0.15) is 29.3 Å². The lowest BCUT2D eigenvalue weighted by molar-refractivity contribution is -0.141. The first-order valence-electron chi connectivity index (χ1n) is 18.3. The van der Waals surface area contributed by atoms with Gasteiger partial charge in [-0.25, -0.2) is 19.7 Å². The van der Waals surface area contributed by atoms with Crippen molar-refractivity contribution in [2.45, 2.75) is 44.3 Å². The van der Waals surface area contributed by atoms with E-state index in [9.17, 15) is 27.6 Å². The molecule has 1 saturated carbocycles. The number of fused-ring (bicyclic) bond motifs is 2. The minimum atomic E-state index is -4.67. The van der Waals surface area contributed by atoms with Gasteiger partial charge in [-0.15, -0.1) is 0 Å². The van der Waals surface area contributed by atoms with Crippen molar-refractivity contribution >= 4 is 56.8 Å². The van der Waals surface area contributed by atoms with E-state index in [0.717, 1.165) is 92.5 Å². The van der Waals surface area contributed by atoms with Gasteiger partial charge in [0, 0.05) is 68.7 Å². The van der Waals surface area contributed by atoms with Crippen LogP contribution in [0.4, 0.5) is 35.2 Å². The van der Waals surface area contributed by atoms with Gasteiger partial charge >= 0.3 is 12.2 Å². The zero-order valence-electron chi connectivity index (χ0n) is 30.1. The number of para-hydroxylation sites is 1. The Kier molecular flexibility index (Phi) is 9.71. The van der Waals surface area contributed by atoms with Crippen molar-refractivity contribution in [2.75, 3.05) is 61.5 Å². The van der Waals surface area contributed by atoms with Crippen LogP contribution >= 0.6 is 0 Å². The number of pyridine rings is 1. The molecule has 0 bridgehead atoms. The molecule has 5 heterocycles. The first-order chi connectivity index (χ1) is 26.5. The highest BCUT2D eigenvalue weighted by Crippen LogP contribution is 2.37. The van der Waals surface area contributed by atoms with Crippen LogP contribution in [0.1, 0.15) is 54.3 Å². The molecule has 0 radical (unpaired) electrons. The number of anilines is 3. The number of urea groups is 1. The summed E-state index contributed by atoms with van der Waals surface area (Å²) in [6.07, 6.45) is 3.05. The van der Waals surface area contributed by atoms with E-state index in [4.69, 9.17) is 9.84 Å². The number of imide groups is 1. The lowest BCUT2D eigenvalue weighted by Crippen LogP contribution is -2.50. The van der Waals surface area contributed by atoms with Gasteiger partial charge in [-0.05, 0) is 61.9 Å². The number of benzene rings is 2. The number of hydrogen-bond acceptors (Lipinski definition) is 10. The van der Waals surface area contributed by atoms with E-state index in [0.29, 0.717) is 28.7 Å².